The molecule has 150 valence electrons. The van der Waals surface area contributed by atoms with Crippen LogP contribution in [0.1, 0.15) is 23.2 Å². The summed E-state index contributed by atoms with van der Waals surface area (Å²) in [6.07, 6.45) is 0.562. The summed E-state index contributed by atoms with van der Waals surface area (Å²) in [7, 11) is 1.60. The van der Waals surface area contributed by atoms with E-state index in [1.165, 1.54) is 0 Å². The molecular formula is C20H26N4O4. The molecule has 2 N–H and O–H groups in total. The number of anilines is 1. The van der Waals surface area contributed by atoms with E-state index in [0.717, 1.165) is 11.3 Å². The molecule has 1 fully saturated rings. The van der Waals surface area contributed by atoms with E-state index in [0.29, 0.717) is 56.5 Å². The number of H-pyrrole nitrogens is 1. The zero-order valence-electron chi connectivity index (χ0n) is 16.3. The minimum absolute atomic E-state index is 0.123. The van der Waals surface area contributed by atoms with Gasteiger partial charge in [0.15, 0.2) is 0 Å². The third kappa shape index (κ3) is 4.89. The fourth-order valence-corrected chi connectivity index (χ4v) is 3.18. The monoisotopic (exact) mass is 386 g/mol. The van der Waals surface area contributed by atoms with Gasteiger partial charge in [0.1, 0.15) is 5.75 Å². The van der Waals surface area contributed by atoms with Gasteiger partial charge in [0.25, 0.3) is 5.56 Å². The van der Waals surface area contributed by atoms with Crippen LogP contribution in [0.5, 0.6) is 5.75 Å². The maximum absolute atomic E-state index is 12.5. The number of methoxy groups -OCH3 is 1. The van der Waals surface area contributed by atoms with Gasteiger partial charge in [0.05, 0.1) is 20.3 Å². The van der Waals surface area contributed by atoms with Crippen molar-refractivity contribution >= 4 is 11.9 Å². The molecule has 0 spiro atoms. The highest BCUT2D eigenvalue weighted by Gasteiger charge is 2.16. The number of hydrogen-bond acceptors (Lipinski definition) is 6. The van der Waals surface area contributed by atoms with Gasteiger partial charge in [-0.25, -0.2) is 4.98 Å². The van der Waals surface area contributed by atoms with Gasteiger partial charge < -0.3 is 19.7 Å². The summed E-state index contributed by atoms with van der Waals surface area (Å²) >= 11 is 0. The van der Waals surface area contributed by atoms with Crippen molar-refractivity contribution in [1.29, 1.82) is 0 Å². The maximum atomic E-state index is 12.5. The van der Waals surface area contributed by atoms with Crippen LogP contribution in [-0.4, -0.2) is 49.3 Å². The van der Waals surface area contributed by atoms with Crippen LogP contribution in [0, 0.1) is 6.92 Å². The number of carbonyl (C=O) groups is 1. The molecule has 1 amide bonds. The predicted molar refractivity (Wildman–Crippen MR) is 106 cm³/mol. The van der Waals surface area contributed by atoms with Gasteiger partial charge in [-0.1, -0.05) is 18.2 Å². The predicted octanol–water partition coefficient (Wildman–Crippen LogP) is 1.17. The smallest absolute Gasteiger partial charge is 0.255 e. The summed E-state index contributed by atoms with van der Waals surface area (Å²) in [5.74, 6) is 1.18. The number of nitrogens with one attached hydrogen (secondary N) is 2. The van der Waals surface area contributed by atoms with Crippen LogP contribution in [0.3, 0.4) is 0 Å². The van der Waals surface area contributed by atoms with Gasteiger partial charge in [-0.2, -0.15) is 0 Å². The molecule has 1 aliphatic heterocycles. The first-order chi connectivity index (χ1) is 13.6. The molecule has 1 aromatic carbocycles. The molecule has 2 heterocycles. The number of carbonyl (C=O) groups excluding carboxylic acids is 1. The zero-order valence-corrected chi connectivity index (χ0v) is 16.3. The standard InChI is InChI=1S/C20H26N4O4/c1-14-16(19(26)23-20(22-14)24-9-11-28-12-10-24)7-8-18(25)21-13-15-5-3-4-6-17(15)27-2/h3-6H,7-13H2,1-2H3,(H,21,25)(H,22,23,26). The van der Waals surface area contributed by atoms with Crippen LogP contribution in [0.4, 0.5) is 5.95 Å². The van der Waals surface area contributed by atoms with Crippen molar-refractivity contribution in [2.75, 3.05) is 38.3 Å². The Morgan fingerprint density at radius 3 is 2.79 bits per heavy atom. The molecule has 0 atom stereocenters. The number of ether oxygens (including phenoxy) is 2. The molecule has 3 rings (SSSR count). The second kappa shape index (κ2) is 9.36. The highest BCUT2D eigenvalue weighted by Crippen LogP contribution is 2.17. The molecule has 1 aliphatic rings. The van der Waals surface area contributed by atoms with Crippen molar-refractivity contribution in [1.82, 2.24) is 15.3 Å². The summed E-state index contributed by atoms with van der Waals surface area (Å²) in [6, 6.07) is 7.54. The van der Waals surface area contributed by atoms with E-state index >= 15 is 0 Å². The van der Waals surface area contributed by atoms with Gasteiger partial charge >= 0.3 is 0 Å². The van der Waals surface area contributed by atoms with Crippen molar-refractivity contribution < 1.29 is 14.3 Å². The van der Waals surface area contributed by atoms with E-state index in [9.17, 15) is 9.59 Å². The van der Waals surface area contributed by atoms with Crippen LogP contribution in [0.2, 0.25) is 0 Å². The Morgan fingerprint density at radius 2 is 2.07 bits per heavy atom. The molecule has 8 nitrogen and oxygen atoms in total. The Labute approximate surface area is 163 Å². The molecule has 1 aromatic heterocycles. The van der Waals surface area contributed by atoms with E-state index in [1.807, 2.05) is 29.2 Å². The number of nitrogens with zero attached hydrogens (tertiary/aromatic N) is 2. The van der Waals surface area contributed by atoms with Crippen molar-refractivity contribution in [3.05, 3.63) is 51.4 Å². The van der Waals surface area contributed by atoms with E-state index in [2.05, 4.69) is 15.3 Å². The topological polar surface area (TPSA) is 96.5 Å². The number of aryl methyl sites for hydroxylation is 1. The SMILES string of the molecule is COc1ccccc1CNC(=O)CCc1c(C)nc(N2CCOCC2)[nH]c1=O. The summed E-state index contributed by atoms with van der Waals surface area (Å²) in [5.41, 5.74) is 1.92. The van der Waals surface area contributed by atoms with Gasteiger partial charge in [0, 0.05) is 42.9 Å². The van der Waals surface area contributed by atoms with Crippen molar-refractivity contribution in [3.63, 3.8) is 0 Å². The summed E-state index contributed by atoms with van der Waals surface area (Å²) in [6.45, 7) is 4.83. The number of para-hydroxylation sites is 1. The first kappa shape index (κ1) is 19.9. The lowest BCUT2D eigenvalue weighted by atomic mass is 10.1. The quantitative estimate of drug-likeness (QED) is 0.742. The third-order valence-corrected chi connectivity index (χ3v) is 4.79. The summed E-state index contributed by atoms with van der Waals surface area (Å²) < 4.78 is 10.6. The second-order valence-electron chi connectivity index (χ2n) is 6.64. The van der Waals surface area contributed by atoms with Crippen LogP contribution < -0.4 is 20.5 Å². The van der Waals surface area contributed by atoms with Crippen LogP contribution in [0.15, 0.2) is 29.1 Å². The number of morpholine rings is 1. The Bertz CT molecular complexity index is 875. The lowest BCUT2D eigenvalue weighted by molar-refractivity contribution is -0.121. The van der Waals surface area contributed by atoms with Gasteiger partial charge in [-0.3, -0.25) is 14.6 Å². The normalized spacial score (nSPS) is 14.0. The molecule has 1 saturated heterocycles. The fourth-order valence-electron chi connectivity index (χ4n) is 3.18. The first-order valence-electron chi connectivity index (χ1n) is 9.39. The van der Waals surface area contributed by atoms with E-state index in [-0.39, 0.29) is 17.9 Å². The fraction of sp³-hybridized carbons (Fsp3) is 0.450. The van der Waals surface area contributed by atoms with E-state index in [4.69, 9.17) is 9.47 Å². The van der Waals surface area contributed by atoms with E-state index < -0.39 is 0 Å². The van der Waals surface area contributed by atoms with Crippen molar-refractivity contribution in [3.8, 4) is 5.75 Å². The maximum Gasteiger partial charge on any atom is 0.255 e. The molecule has 0 aliphatic carbocycles. The molecule has 2 aromatic rings. The van der Waals surface area contributed by atoms with Crippen molar-refractivity contribution in [2.45, 2.75) is 26.3 Å². The molecule has 0 bridgehead atoms. The Morgan fingerprint density at radius 1 is 1.32 bits per heavy atom. The minimum Gasteiger partial charge on any atom is -0.496 e. The molecule has 8 heteroatoms. The highest BCUT2D eigenvalue weighted by atomic mass is 16.5. The lowest BCUT2D eigenvalue weighted by Gasteiger charge is -2.27. The minimum atomic E-state index is -0.188. The van der Waals surface area contributed by atoms with Crippen molar-refractivity contribution in [2.24, 2.45) is 0 Å². The number of aromatic amines is 1. The zero-order chi connectivity index (χ0) is 19.9. The Kier molecular flexibility index (Phi) is 6.65. The van der Waals surface area contributed by atoms with Crippen LogP contribution >= 0.6 is 0 Å². The van der Waals surface area contributed by atoms with Gasteiger partial charge in [0.2, 0.25) is 11.9 Å². The molecule has 0 radical (unpaired) electrons. The average Bonchev–Trinajstić information content (AvgIpc) is 2.72. The number of aromatic nitrogens is 2. The number of hydrogen-bond donors (Lipinski definition) is 2. The average molecular weight is 386 g/mol. The first-order valence-corrected chi connectivity index (χ1v) is 9.39. The van der Waals surface area contributed by atoms with Crippen LogP contribution in [-0.2, 0) is 22.5 Å². The van der Waals surface area contributed by atoms with Gasteiger partial charge in [-0.05, 0) is 19.4 Å². The van der Waals surface area contributed by atoms with E-state index in [1.54, 1.807) is 14.0 Å². The molecular weight excluding hydrogens is 360 g/mol. The summed E-state index contributed by atoms with van der Waals surface area (Å²) in [5, 5.41) is 2.87. The number of benzene rings is 1. The van der Waals surface area contributed by atoms with Crippen LogP contribution in [0.25, 0.3) is 0 Å². The number of rotatable bonds is 7. The second-order valence-corrected chi connectivity index (χ2v) is 6.64. The molecule has 0 unspecified atom stereocenters. The highest BCUT2D eigenvalue weighted by molar-refractivity contribution is 5.76. The molecule has 0 saturated carbocycles. The largest absolute Gasteiger partial charge is 0.496 e. The Hall–Kier alpha value is -2.87. The lowest BCUT2D eigenvalue weighted by Crippen LogP contribution is -2.38. The number of amides is 1. The summed E-state index contributed by atoms with van der Waals surface area (Å²) in [4.78, 5) is 34.1. The Balaban J connectivity index is 1.57. The molecule has 28 heavy (non-hydrogen) atoms. The van der Waals surface area contributed by atoms with Gasteiger partial charge in [-0.15, -0.1) is 0 Å². The third-order valence-electron chi connectivity index (χ3n) is 4.79.